The van der Waals surface area contributed by atoms with Crippen LogP contribution in [0, 0.1) is 13.5 Å². The van der Waals surface area contributed by atoms with Crippen molar-refractivity contribution in [3.8, 4) is 0 Å². The van der Waals surface area contributed by atoms with E-state index in [1.54, 1.807) is 49.0 Å². The third-order valence-electron chi connectivity index (χ3n) is 10.0. The van der Waals surface area contributed by atoms with Crippen molar-refractivity contribution in [1.29, 1.82) is 0 Å². The van der Waals surface area contributed by atoms with Crippen LogP contribution in [0.15, 0.2) is 223 Å². The predicted octanol–water partition coefficient (Wildman–Crippen LogP) is 13.2. The van der Waals surface area contributed by atoms with Gasteiger partial charge in [0, 0.05) is 83.4 Å². The highest BCUT2D eigenvalue weighted by Crippen LogP contribution is 2.15. The number of pyridine rings is 1. The Morgan fingerprint density at radius 3 is 1.29 bits per heavy atom. The fraction of sp³-hybridized carbons (Fsp3) is 0.333. The van der Waals surface area contributed by atoms with Gasteiger partial charge in [0.15, 0.2) is 5.84 Å². The smallest absolute Gasteiger partial charge is 0.216 e. The van der Waals surface area contributed by atoms with Gasteiger partial charge in [0.1, 0.15) is 5.82 Å². The van der Waals surface area contributed by atoms with Crippen LogP contribution in [0.4, 0.5) is 5.69 Å². The first-order chi connectivity index (χ1) is 44.4. The number of nitrogens with zero attached hydrogens (tertiary/aromatic N) is 6. The Morgan fingerprint density at radius 2 is 1.02 bits per heavy atom. The number of likely N-dealkylation sites (tertiary alicyclic amines) is 1. The van der Waals surface area contributed by atoms with Gasteiger partial charge < -0.3 is 55.7 Å². The SMILES string of the molecule is C=C(N)N1CCCCC1.C=C(N)NOC.C=C(N)Nc1ccccc1.C=C(N)c1ccccc1.C=C(NO)c1ccccc1.CC.CC.CC.CC.CN=C(C)N.CN=C(C)N.CNC(C)=O.Cc1nccc2ccccc12.NCc1ccccc1.[C-]#[N+]NC(C)=NC. The fourth-order valence-electron chi connectivity index (χ4n) is 5.39. The first kappa shape index (κ1) is 99.1. The molecule has 93 heavy (non-hydrogen) atoms. The summed E-state index contributed by atoms with van der Waals surface area (Å²) in [5.74, 6) is 3.42. The van der Waals surface area contributed by atoms with Crippen molar-refractivity contribution in [2.24, 2.45) is 55.1 Å². The molecule has 0 unspecified atom stereocenters. The van der Waals surface area contributed by atoms with Gasteiger partial charge in [-0.15, -0.1) is 0 Å². The summed E-state index contributed by atoms with van der Waals surface area (Å²) in [5, 5.41) is 16.2. The van der Waals surface area contributed by atoms with Gasteiger partial charge in [-0.05, 0) is 87.2 Å². The summed E-state index contributed by atoms with van der Waals surface area (Å²) in [4.78, 5) is 34.1. The quantitative estimate of drug-likeness (QED) is 0.0277. The Morgan fingerprint density at radius 1 is 0.624 bits per heavy atom. The van der Waals surface area contributed by atoms with Crippen molar-refractivity contribution in [1.82, 2.24) is 31.6 Å². The topological polar surface area (TPSA) is 346 Å². The number of hydroxylamine groups is 2. The molecule has 1 fully saturated rings. The highest BCUT2D eigenvalue weighted by Gasteiger charge is 2.08. The van der Waals surface area contributed by atoms with Gasteiger partial charge in [0.2, 0.25) is 5.91 Å². The van der Waals surface area contributed by atoms with Crippen LogP contribution in [0.1, 0.15) is 125 Å². The van der Waals surface area contributed by atoms with E-state index in [1.807, 2.05) is 214 Å². The Bertz CT molecular complexity index is 2810. The molecule has 1 aliphatic rings. The number of carbonyl (C=O) groups excluding carboxylic acids is 1. The maximum Gasteiger partial charge on any atom is 0.216 e. The zero-order valence-corrected chi connectivity index (χ0v) is 59.8. The lowest BCUT2D eigenvalue weighted by atomic mass is 10.1. The Kier molecular flexibility index (Phi) is 81.1. The van der Waals surface area contributed by atoms with E-state index in [-0.39, 0.29) is 5.91 Å². The molecule has 0 radical (unpaired) electrons. The van der Waals surface area contributed by atoms with Crippen molar-refractivity contribution in [3.63, 3.8) is 0 Å². The number of benzene rings is 5. The number of carbonyl (C=O) groups is 1. The van der Waals surface area contributed by atoms with Gasteiger partial charge >= 0.3 is 0 Å². The third kappa shape index (κ3) is 72.5. The number of fused-ring (bicyclic) bond motifs is 1. The number of aliphatic imine (C=N–C) groups is 3. The van der Waals surface area contributed by atoms with E-state index < -0.39 is 0 Å². The average molecular weight is 1290 g/mol. The molecule has 1 aliphatic heterocycles. The summed E-state index contributed by atoms with van der Waals surface area (Å²) in [6, 6.07) is 49.1. The summed E-state index contributed by atoms with van der Waals surface area (Å²) < 4.78 is 0. The molecule has 0 spiro atoms. The Hall–Kier alpha value is -10.1. The number of hydrogen-bond donors (Lipinski definition) is 13. The van der Waals surface area contributed by atoms with Crippen molar-refractivity contribution in [2.75, 3.05) is 53.7 Å². The number of rotatable bonds is 9. The van der Waals surface area contributed by atoms with E-state index in [9.17, 15) is 4.79 Å². The number of hydrogen-bond acceptors (Lipinski definition) is 16. The molecule has 1 amide bonds. The standard InChI is InChI=1S/C10H9N.C8H10N2.C8H9NO.C8H9N.C7H14N2.C7H9N.C4H7N3.C3H8N2O.2C3H8N2.C3H7NO.4C2H6/c1-8-10-5-3-2-4-9(10)6-7-11-8;1-7(9)10-8-5-3-2-4-6-8;1-7(9-10)8-5-3-2-4-6-8;1-7(9)8-5-3-2-4-6-8;1-7(8)9-5-3-2-4-6-9;8-6-7-4-2-1-3-5-7;1-4(5-2)7-6-3;1-3(4)5-6-2;2*1-3(4)5-2;1-3(5)4-2;4*1-2/h2-7H,1H3;2-6,10H,1,9H2;2-6,9-10H,1H2;2-6H,1,9H2;1-6,8H2;1-5H,6,8H2;1-2H3,(H,5,7);5H,1,4H2,2H3;2*1-2H3,(H2,4,5);1-2H3,(H,4,5);4*1-2H3. The van der Waals surface area contributed by atoms with E-state index >= 15 is 0 Å². The predicted molar refractivity (Wildman–Crippen MR) is 407 cm³/mol. The van der Waals surface area contributed by atoms with E-state index in [0.717, 1.165) is 41.4 Å². The third-order valence-corrected chi connectivity index (χ3v) is 10.0. The number of anilines is 1. The summed E-state index contributed by atoms with van der Waals surface area (Å²) in [7, 11) is 8.03. The van der Waals surface area contributed by atoms with E-state index in [4.69, 9.17) is 51.9 Å². The first-order valence-electron chi connectivity index (χ1n) is 30.4. The number of nitrogens with two attached hydrogens (primary N) is 7. The largest absolute Gasteiger partial charge is 0.399 e. The van der Waals surface area contributed by atoms with Gasteiger partial charge in [-0.1, -0.05) is 227 Å². The molecule has 518 valence electrons. The van der Waals surface area contributed by atoms with Crippen LogP contribution in [0.5, 0.6) is 0 Å². The minimum atomic E-state index is 0.00463. The highest BCUT2D eigenvalue weighted by atomic mass is 16.6. The monoisotopic (exact) mass is 1290 g/mol. The second kappa shape index (κ2) is 76.1. The number of amidine groups is 3. The lowest BCUT2D eigenvalue weighted by Crippen LogP contribution is -2.31. The average Bonchev–Trinajstić information content (AvgIpc) is 1.35. The van der Waals surface area contributed by atoms with Crippen molar-refractivity contribution in [3.05, 3.63) is 242 Å². The van der Waals surface area contributed by atoms with Gasteiger partial charge in [0.05, 0.1) is 36.1 Å². The molecular formula is C72H122N18O3. The molecule has 20 N–H and O–H groups in total. The number of aryl methyl sites for hydroxylation is 1. The maximum absolute atomic E-state index is 9.70. The molecule has 7 rings (SSSR count). The summed E-state index contributed by atoms with van der Waals surface area (Å²) in [6.07, 6.45) is 5.74. The zero-order chi connectivity index (χ0) is 73.2. The fourth-order valence-corrected chi connectivity index (χ4v) is 5.39. The van der Waals surface area contributed by atoms with E-state index in [2.05, 4.69) is 101 Å². The van der Waals surface area contributed by atoms with Crippen LogP contribution in [0.25, 0.3) is 27.1 Å². The van der Waals surface area contributed by atoms with Crippen molar-refractivity contribution < 1.29 is 14.8 Å². The molecule has 0 aliphatic carbocycles. The van der Waals surface area contributed by atoms with Crippen LogP contribution in [0.2, 0.25) is 0 Å². The summed E-state index contributed by atoms with van der Waals surface area (Å²) in [6.45, 7) is 51.5. The van der Waals surface area contributed by atoms with Crippen molar-refractivity contribution in [2.45, 2.75) is 116 Å². The molecule has 1 aromatic heterocycles. The number of nitrogens with one attached hydrogen (secondary N) is 5. The van der Waals surface area contributed by atoms with Crippen LogP contribution >= 0.6 is 0 Å². The Labute approximate surface area is 562 Å². The molecular weight excluding hydrogens is 1160 g/mol. The second-order valence-corrected chi connectivity index (χ2v) is 17.1. The van der Waals surface area contributed by atoms with Crippen LogP contribution in [-0.4, -0.2) is 86.9 Å². The number of para-hydroxylation sites is 1. The van der Waals surface area contributed by atoms with Crippen molar-refractivity contribution >= 4 is 51.3 Å². The first-order valence-corrected chi connectivity index (χ1v) is 30.4. The molecule has 6 aromatic rings. The van der Waals surface area contributed by atoms with Crippen LogP contribution in [0.3, 0.4) is 0 Å². The molecule has 0 atom stereocenters. The Balaban J connectivity index is -0.000000142. The van der Waals surface area contributed by atoms with Gasteiger partial charge in [-0.3, -0.25) is 45.8 Å². The molecule has 2 heterocycles. The lowest BCUT2D eigenvalue weighted by Gasteiger charge is -2.27. The lowest BCUT2D eigenvalue weighted by molar-refractivity contribution is -0.118. The van der Waals surface area contributed by atoms with Gasteiger partial charge in [0.25, 0.3) is 0 Å². The van der Waals surface area contributed by atoms with Gasteiger partial charge in [-0.25, -0.2) is 0 Å². The summed E-state index contributed by atoms with van der Waals surface area (Å²) >= 11 is 0. The normalized spacial score (nSPS) is 9.84. The second-order valence-electron chi connectivity index (χ2n) is 17.1. The number of aromatic nitrogens is 1. The summed E-state index contributed by atoms with van der Waals surface area (Å²) in [5.41, 5.74) is 49.5. The molecule has 0 bridgehead atoms. The number of piperidine rings is 1. The molecule has 1 saturated heterocycles. The minimum Gasteiger partial charge on any atom is -0.399 e. The number of amides is 1. The molecule has 5 aromatic carbocycles. The molecule has 0 saturated carbocycles. The minimum absolute atomic E-state index is 0.00463. The van der Waals surface area contributed by atoms with E-state index in [1.165, 1.54) is 49.6 Å². The highest BCUT2D eigenvalue weighted by molar-refractivity contribution is 5.84. The molecule has 21 nitrogen and oxygen atoms in total. The maximum atomic E-state index is 9.70. The molecule has 21 heteroatoms. The van der Waals surface area contributed by atoms with Crippen LogP contribution < -0.4 is 67.2 Å². The zero-order valence-electron chi connectivity index (χ0n) is 59.8. The van der Waals surface area contributed by atoms with E-state index in [0.29, 0.717) is 47.1 Å². The van der Waals surface area contributed by atoms with Crippen LogP contribution in [-0.2, 0) is 16.2 Å². The van der Waals surface area contributed by atoms with Gasteiger partial charge in [-0.2, -0.15) is 11.5 Å².